The minimum atomic E-state index is 0.124. The lowest BCUT2D eigenvalue weighted by molar-refractivity contribution is 0.212. The van der Waals surface area contributed by atoms with Crippen molar-refractivity contribution < 1.29 is 4.74 Å². The van der Waals surface area contributed by atoms with Gasteiger partial charge in [0, 0.05) is 4.88 Å². The molecule has 0 aliphatic rings. The van der Waals surface area contributed by atoms with Crippen LogP contribution in [0.25, 0.3) is 10.2 Å². The van der Waals surface area contributed by atoms with Gasteiger partial charge in [0.25, 0.3) is 0 Å². The van der Waals surface area contributed by atoms with Crippen molar-refractivity contribution in [2.45, 2.75) is 33.3 Å². The predicted molar refractivity (Wildman–Crippen MR) is 70.3 cm³/mol. The molecule has 2 aromatic rings. The van der Waals surface area contributed by atoms with E-state index in [4.69, 9.17) is 10.6 Å². The number of hydrazine groups is 1. The van der Waals surface area contributed by atoms with Crippen LogP contribution in [0, 0.1) is 6.92 Å². The van der Waals surface area contributed by atoms with E-state index >= 15 is 0 Å². The number of nitrogen functional groups attached to an aromatic ring is 1. The Bertz CT molecular complexity index is 525. The van der Waals surface area contributed by atoms with Crippen LogP contribution in [-0.4, -0.2) is 16.1 Å². The Morgan fingerprint density at radius 1 is 1.53 bits per heavy atom. The molecule has 1 unspecified atom stereocenters. The van der Waals surface area contributed by atoms with Crippen molar-refractivity contribution in [2.75, 3.05) is 5.43 Å². The molecule has 1 atom stereocenters. The number of nitrogens with two attached hydrogens (primary N) is 1. The summed E-state index contributed by atoms with van der Waals surface area (Å²) >= 11 is 1.60. The number of nitrogens with zero attached hydrogens (tertiary/aromatic N) is 2. The van der Waals surface area contributed by atoms with E-state index in [0.717, 1.165) is 16.6 Å². The molecule has 3 N–H and O–H groups in total. The molecule has 0 aromatic carbocycles. The molecule has 92 valence electrons. The summed E-state index contributed by atoms with van der Waals surface area (Å²) in [5, 5.41) is 0.951. The summed E-state index contributed by atoms with van der Waals surface area (Å²) in [4.78, 5) is 10.6. The van der Waals surface area contributed by atoms with E-state index in [1.165, 1.54) is 4.88 Å². The summed E-state index contributed by atoms with van der Waals surface area (Å²) in [5.41, 5.74) is 2.46. The van der Waals surface area contributed by atoms with Crippen LogP contribution in [0.15, 0.2) is 6.07 Å². The maximum absolute atomic E-state index is 5.79. The average molecular weight is 252 g/mol. The molecule has 0 saturated heterocycles. The highest BCUT2D eigenvalue weighted by atomic mass is 32.1. The van der Waals surface area contributed by atoms with E-state index < -0.39 is 0 Å². The van der Waals surface area contributed by atoms with E-state index in [1.54, 1.807) is 11.3 Å². The van der Waals surface area contributed by atoms with Gasteiger partial charge in [-0.1, -0.05) is 6.92 Å². The highest BCUT2D eigenvalue weighted by Crippen LogP contribution is 2.31. The van der Waals surface area contributed by atoms with Crippen LogP contribution >= 0.6 is 11.3 Å². The Morgan fingerprint density at radius 2 is 2.29 bits per heavy atom. The lowest BCUT2D eigenvalue weighted by Crippen LogP contribution is -2.14. The first-order valence-corrected chi connectivity index (χ1v) is 6.37. The molecule has 2 heterocycles. The Kier molecular flexibility index (Phi) is 3.44. The van der Waals surface area contributed by atoms with Gasteiger partial charge in [-0.2, -0.15) is 4.98 Å². The molecule has 5 nitrogen and oxygen atoms in total. The number of rotatable bonds is 4. The van der Waals surface area contributed by atoms with Crippen molar-refractivity contribution in [2.24, 2.45) is 5.84 Å². The van der Waals surface area contributed by atoms with Gasteiger partial charge in [-0.15, -0.1) is 11.3 Å². The number of anilines is 1. The van der Waals surface area contributed by atoms with E-state index in [1.807, 2.05) is 19.9 Å². The second-order valence-corrected chi connectivity index (χ2v) is 5.14. The normalized spacial score (nSPS) is 12.7. The smallest absolute Gasteiger partial charge is 0.241 e. The first-order valence-electron chi connectivity index (χ1n) is 5.55. The van der Waals surface area contributed by atoms with Crippen LogP contribution in [0.4, 0.5) is 5.95 Å². The second-order valence-electron chi connectivity index (χ2n) is 3.91. The summed E-state index contributed by atoms with van der Waals surface area (Å²) in [6.45, 7) is 6.13. The molecular formula is C11H16N4OS. The molecule has 0 aliphatic heterocycles. The zero-order chi connectivity index (χ0) is 12.4. The monoisotopic (exact) mass is 252 g/mol. The summed E-state index contributed by atoms with van der Waals surface area (Å²) < 4.78 is 5.79. The molecular weight excluding hydrogens is 236 g/mol. The van der Waals surface area contributed by atoms with E-state index in [2.05, 4.69) is 22.3 Å². The van der Waals surface area contributed by atoms with Gasteiger partial charge in [-0.05, 0) is 26.3 Å². The zero-order valence-corrected chi connectivity index (χ0v) is 11.0. The van der Waals surface area contributed by atoms with Crippen molar-refractivity contribution in [3.05, 3.63) is 10.9 Å². The molecule has 0 amide bonds. The maximum Gasteiger partial charge on any atom is 0.241 e. The average Bonchev–Trinajstić information content (AvgIpc) is 2.69. The van der Waals surface area contributed by atoms with Crippen molar-refractivity contribution in [3.63, 3.8) is 0 Å². The van der Waals surface area contributed by atoms with Gasteiger partial charge in [0.2, 0.25) is 11.8 Å². The number of ether oxygens (including phenoxy) is 1. The third-order valence-corrected chi connectivity index (χ3v) is 3.44. The fourth-order valence-electron chi connectivity index (χ4n) is 1.44. The van der Waals surface area contributed by atoms with Gasteiger partial charge in [0.05, 0.1) is 11.5 Å². The Hall–Kier alpha value is -1.40. The summed E-state index contributed by atoms with van der Waals surface area (Å²) in [6.07, 6.45) is 1.05. The Morgan fingerprint density at radius 3 is 2.94 bits per heavy atom. The quantitative estimate of drug-likeness (QED) is 0.646. The fraction of sp³-hybridized carbons (Fsp3) is 0.455. The lowest BCUT2D eigenvalue weighted by Gasteiger charge is -2.12. The largest absolute Gasteiger partial charge is 0.474 e. The van der Waals surface area contributed by atoms with Gasteiger partial charge >= 0.3 is 0 Å². The molecule has 0 bridgehead atoms. The predicted octanol–water partition coefficient (Wildman–Crippen LogP) is 2.46. The van der Waals surface area contributed by atoms with Crippen molar-refractivity contribution in [3.8, 4) is 5.88 Å². The number of fused-ring (bicyclic) bond motifs is 1. The Labute approximate surface area is 104 Å². The molecule has 0 radical (unpaired) electrons. The topological polar surface area (TPSA) is 73.1 Å². The SMILES string of the molecule is CCC(C)Oc1nc(NN)nc2sc(C)cc12. The third-order valence-electron chi connectivity index (χ3n) is 2.50. The standard InChI is InChI=1S/C11H16N4OS/c1-4-6(2)16-9-8-5-7(3)17-10(8)14-11(13-9)15-12/h5-6H,4,12H2,1-3H3,(H,13,14,15). The summed E-state index contributed by atoms with van der Waals surface area (Å²) in [6, 6.07) is 2.04. The Balaban J connectivity index is 2.50. The molecule has 0 saturated carbocycles. The van der Waals surface area contributed by atoms with Crippen LogP contribution in [0.3, 0.4) is 0 Å². The number of thiophene rings is 1. The highest BCUT2D eigenvalue weighted by Gasteiger charge is 2.13. The number of hydrogen-bond acceptors (Lipinski definition) is 6. The minimum Gasteiger partial charge on any atom is -0.474 e. The fourth-order valence-corrected chi connectivity index (χ4v) is 2.31. The first kappa shape index (κ1) is 12.1. The summed E-state index contributed by atoms with van der Waals surface area (Å²) in [7, 11) is 0. The number of hydrogen-bond donors (Lipinski definition) is 2. The van der Waals surface area contributed by atoms with Crippen LogP contribution in [0.2, 0.25) is 0 Å². The molecule has 2 rings (SSSR count). The molecule has 17 heavy (non-hydrogen) atoms. The van der Waals surface area contributed by atoms with Crippen molar-refractivity contribution in [1.82, 2.24) is 9.97 Å². The summed E-state index contributed by atoms with van der Waals surface area (Å²) in [5.74, 6) is 6.34. The number of aryl methyl sites for hydroxylation is 1. The number of nitrogens with one attached hydrogen (secondary N) is 1. The molecule has 0 spiro atoms. The molecule has 2 aromatic heterocycles. The lowest BCUT2D eigenvalue weighted by atomic mass is 10.3. The van der Waals surface area contributed by atoms with Gasteiger partial charge in [-0.3, -0.25) is 5.43 Å². The zero-order valence-electron chi connectivity index (χ0n) is 10.2. The van der Waals surface area contributed by atoms with Gasteiger partial charge in [0.15, 0.2) is 0 Å². The van der Waals surface area contributed by atoms with Crippen molar-refractivity contribution >= 4 is 27.5 Å². The van der Waals surface area contributed by atoms with Crippen LogP contribution in [-0.2, 0) is 0 Å². The first-order chi connectivity index (χ1) is 8.13. The molecule has 0 aliphatic carbocycles. The van der Waals surface area contributed by atoms with Crippen LogP contribution in [0.5, 0.6) is 5.88 Å². The highest BCUT2D eigenvalue weighted by molar-refractivity contribution is 7.18. The molecule has 0 fully saturated rings. The minimum absolute atomic E-state index is 0.124. The van der Waals surface area contributed by atoms with Gasteiger partial charge < -0.3 is 4.74 Å². The van der Waals surface area contributed by atoms with E-state index in [0.29, 0.717) is 11.8 Å². The third kappa shape index (κ3) is 2.48. The van der Waals surface area contributed by atoms with Crippen LogP contribution in [0.1, 0.15) is 25.1 Å². The van der Waals surface area contributed by atoms with Gasteiger partial charge in [-0.25, -0.2) is 10.8 Å². The van der Waals surface area contributed by atoms with Gasteiger partial charge in [0.1, 0.15) is 4.83 Å². The van der Waals surface area contributed by atoms with E-state index in [-0.39, 0.29) is 6.10 Å². The molecule has 6 heteroatoms. The maximum atomic E-state index is 5.79. The number of aromatic nitrogens is 2. The van der Waals surface area contributed by atoms with Crippen molar-refractivity contribution in [1.29, 1.82) is 0 Å². The second kappa shape index (κ2) is 4.85. The van der Waals surface area contributed by atoms with E-state index in [9.17, 15) is 0 Å². The van der Waals surface area contributed by atoms with Crippen LogP contribution < -0.4 is 16.0 Å².